The molecule has 0 amide bonds. The largest absolute Gasteiger partial charge is 0.477 e. The van der Waals surface area contributed by atoms with Crippen molar-refractivity contribution in [3.05, 3.63) is 28.1 Å². The first-order valence-corrected chi connectivity index (χ1v) is 11.9. The Hall–Kier alpha value is 0.0900. The molecular weight excluding hydrogens is 376 g/mol. The van der Waals surface area contributed by atoms with Crippen LogP contribution in [0.2, 0.25) is 0 Å². The fourth-order valence-corrected chi connectivity index (χ4v) is 8.18. The highest BCUT2D eigenvalue weighted by Gasteiger charge is 2.30. The third-order valence-electron chi connectivity index (χ3n) is 3.88. The van der Waals surface area contributed by atoms with Crippen molar-refractivity contribution in [2.75, 3.05) is 0 Å². The molecule has 2 aliphatic rings. The summed E-state index contributed by atoms with van der Waals surface area (Å²) in [6.07, 6.45) is 9.96. The Balaban J connectivity index is 2.06. The molecule has 2 heterocycles. The number of thioether (sulfide) groups is 4. The molecule has 6 heteroatoms. The van der Waals surface area contributed by atoms with Gasteiger partial charge in [0.15, 0.2) is 0 Å². The molecule has 0 radical (unpaired) electrons. The predicted octanol–water partition coefficient (Wildman–Crippen LogP) is 7.76. The van der Waals surface area contributed by atoms with Gasteiger partial charge < -0.3 is 5.11 Å². The lowest BCUT2D eigenvalue weighted by molar-refractivity contribution is -0.131. The average molecular weight is 403 g/mol. The van der Waals surface area contributed by atoms with E-state index in [1.54, 1.807) is 11.8 Å². The number of hydrogen-bond acceptors (Lipinski definition) is 5. The fraction of sp³-hybridized carbons (Fsp3) is 0.611. The molecule has 2 rings (SSSR count). The second-order valence-corrected chi connectivity index (χ2v) is 10.9. The molecule has 0 bridgehead atoms. The van der Waals surface area contributed by atoms with Gasteiger partial charge in [-0.3, -0.25) is 0 Å². The number of carbonyl (C=O) groups is 1. The van der Waals surface area contributed by atoms with E-state index in [1.165, 1.54) is 81.4 Å². The molecule has 0 fully saturated rings. The zero-order chi connectivity index (χ0) is 17.5. The second-order valence-electron chi connectivity index (χ2n) is 5.93. The molecule has 0 saturated heterocycles. The van der Waals surface area contributed by atoms with Crippen molar-refractivity contribution >= 4 is 53.0 Å². The topological polar surface area (TPSA) is 37.3 Å². The Morgan fingerprint density at radius 3 is 1.75 bits per heavy atom. The zero-order valence-electron chi connectivity index (χ0n) is 14.6. The quantitative estimate of drug-likeness (QED) is 0.397. The molecule has 0 aromatic rings. The van der Waals surface area contributed by atoms with E-state index >= 15 is 0 Å². The summed E-state index contributed by atoms with van der Waals surface area (Å²) < 4.78 is 2.47. The summed E-state index contributed by atoms with van der Waals surface area (Å²) in [5.41, 5.74) is 0. The van der Waals surface area contributed by atoms with E-state index in [0.717, 1.165) is 4.91 Å². The lowest BCUT2D eigenvalue weighted by atomic mass is 10.1. The van der Waals surface area contributed by atoms with E-state index < -0.39 is 5.97 Å². The highest BCUT2D eigenvalue weighted by atomic mass is 32.2. The van der Waals surface area contributed by atoms with Gasteiger partial charge in [0.25, 0.3) is 0 Å². The smallest absolute Gasteiger partial charge is 0.343 e. The van der Waals surface area contributed by atoms with Crippen molar-refractivity contribution in [2.24, 2.45) is 0 Å². The molecule has 24 heavy (non-hydrogen) atoms. The van der Waals surface area contributed by atoms with Crippen LogP contribution in [-0.2, 0) is 4.79 Å². The average Bonchev–Trinajstić information content (AvgIpc) is 3.12. The number of unbranched alkanes of at least 4 members (excludes halogenated alkanes) is 4. The summed E-state index contributed by atoms with van der Waals surface area (Å²) in [6, 6.07) is 0. The fourth-order valence-electron chi connectivity index (χ4n) is 2.54. The zero-order valence-corrected chi connectivity index (χ0v) is 17.9. The Morgan fingerprint density at radius 2 is 1.33 bits per heavy atom. The molecule has 0 saturated carbocycles. The normalized spacial score (nSPS) is 18.3. The minimum atomic E-state index is -0.798. The van der Waals surface area contributed by atoms with E-state index in [-0.39, 0.29) is 0 Å². The van der Waals surface area contributed by atoms with Gasteiger partial charge in [-0.2, -0.15) is 0 Å². The van der Waals surface area contributed by atoms with Gasteiger partial charge in [0.05, 0.1) is 8.47 Å². The number of allylic oxidation sites excluding steroid dienone is 3. The second kappa shape index (κ2) is 10.3. The van der Waals surface area contributed by atoms with Crippen molar-refractivity contribution < 1.29 is 9.90 Å². The predicted molar refractivity (Wildman–Crippen MR) is 113 cm³/mol. The van der Waals surface area contributed by atoms with Crippen molar-refractivity contribution in [2.45, 2.75) is 72.1 Å². The van der Waals surface area contributed by atoms with E-state index in [4.69, 9.17) is 0 Å². The molecule has 0 unspecified atom stereocenters. The molecule has 134 valence electrons. The third kappa shape index (κ3) is 5.55. The van der Waals surface area contributed by atoms with Crippen LogP contribution in [-0.4, -0.2) is 11.1 Å². The minimum Gasteiger partial charge on any atom is -0.477 e. The summed E-state index contributed by atoms with van der Waals surface area (Å²) in [6.45, 7) is 6.40. The van der Waals surface area contributed by atoms with Crippen LogP contribution in [0.15, 0.2) is 28.1 Å². The van der Waals surface area contributed by atoms with Crippen molar-refractivity contribution in [1.29, 1.82) is 0 Å². The highest BCUT2D eigenvalue weighted by Crippen LogP contribution is 2.61. The number of rotatable bonds is 9. The van der Waals surface area contributed by atoms with E-state index in [2.05, 4.69) is 13.8 Å². The van der Waals surface area contributed by atoms with Crippen molar-refractivity contribution in [3.63, 3.8) is 0 Å². The van der Waals surface area contributed by atoms with E-state index in [9.17, 15) is 9.90 Å². The number of carboxylic acid groups (broad SMARTS) is 1. The Bertz CT molecular complexity index is 552. The van der Waals surface area contributed by atoms with Crippen LogP contribution in [0, 0.1) is 0 Å². The number of hydrogen-bond donors (Lipinski definition) is 1. The summed E-state index contributed by atoms with van der Waals surface area (Å²) >= 11 is 6.87. The van der Waals surface area contributed by atoms with E-state index in [0.29, 0.717) is 4.91 Å². The summed E-state index contributed by atoms with van der Waals surface area (Å²) in [4.78, 5) is 15.8. The Labute approximate surface area is 162 Å². The first-order chi connectivity index (χ1) is 11.6. The number of aliphatic carboxylic acids is 1. The van der Waals surface area contributed by atoms with Crippen LogP contribution in [0.5, 0.6) is 0 Å². The molecule has 0 spiro atoms. The van der Waals surface area contributed by atoms with Gasteiger partial charge in [0.1, 0.15) is 4.91 Å². The molecule has 2 aliphatic heterocycles. The summed E-state index contributed by atoms with van der Waals surface area (Å²) in [5, 5.41) is 9.30. The van der Waals surface area contributed by atoms with Gasteiger partial charge in [0, 0.05) is 14.7 Å². The van der Waals surface area contributed by atoms with Crippen LogP contribution in [0.3, 0.4) is 0 Å². The van der Waals surface area contributed by atoms with Crippen LogP contribution in [0.4, 0.5) is 0 Å². The van der Waals surface area contributed by atoms with Crippen LogP contribution >= 0.6 is 47.0 Å². The van der Waals surface area contributed by atoms with Gasteiger partial charge >= 0.3 is 5.97 Å². The standard InChI is InChI=1S/C18H26O2S4/c1-4-6-8-10-13-14(11-9-7-5-2)23-18(22-13)17-21-12(3)15(24-17)16(19)20/h4-11H2,1-3H3,(H,19,20). The summed E-state index contributed by atoms with van der Waals surface area (Å²) in [7, 11) is 0. The van der Waals surface area contributed by atoms with Gasteiger partial charge in [-0.05, 0) is 32.6 Å². The Morgan fingerprint density at radius 1 is 0.833 bits per heavy atom. The highest BCUT2D eigenvalue weighted by molar-refractivity contribution is 8.34. The molecule has 0 aromatic carbocycles. The van der Waals surface area contributed by atoms with Gasteiger partial charge in [0.2, 0.25) is 0 Å². The van der Waals surface area contributed by atoms with Gasteiger partial charge in [-0.25, -0.2) is 4.79 Å². The Kier molecular flexibility index (Phi) is 8.75. The maximum atomic E-state index is 11.3. The maximum absolute atomic E-state index is 11.3. The van der Waals surface area contributed by atoms with Gasteiger partial charge in [-0.1, -0.05) is 86.6 Å². The molecule has 0 atom stereocenters. The van der Waals surface area contributed by atoms with E-state index in [1.807, 2.05) is 30.4 Å². The van der Waals surface area contributed by atoms with Crippen LogP contribution < -0.4 is 0 Å². The third-order valence-corrected chi connectivity index (χ3v) is 9.80. The van der Waals surface area contributed by atoms with Crippen LogP contribution in [0.25, 0.3) is 0 Å². The molecule has 0 aliphatic carbocycles. The van der Waals surface area contributed by atoms with Gasteiger partial charge in [-0.15, -0.1) is 0 Å². The summed E-state index contributed by atoms with van der Waals surface area (Å²) in [5.74, 6) is -0.798. The van der Waals surface area contributed by atoms with Crippen molar-refractivity contribution in [3.8, 4) is 0 Å². The molecule has 1 N–H and O–H groups in total. The molecule has 0 aromatic heterocycles. The molecule has 2 nitrogen and oxygen atoms in total. The first-order valence-electron chi connectivity index (χ1n) is 8.68. The number of carboxylic acids is 1. The lowest BCUT2D eigenvalue weighted by Gasteiger charge is -2.04. The minimum absolute atomic E-state index is 0.496. The van der Waals surface area contributed by atoms with Crippen LogP contribution in [0.1, 0.15) is 72.1 Å². The van der Waals surface area contributed by atoms with Crippen molar-refractivity contribution in [1.82, 2.24) is 0 Å². The first kappa shape index (κ1) is 20.4. The SMILES string of the molecule is CCCCCC1=C(CCCCC)SC(=C2SC(C)=C(C(=O)O)S2)S1. The lowest BCUT2D eigenvalue weighted by Crippen LogP contribution is -1.94. The maximum Gasteiger partial charge on any atom is 0.343 e. The monoisotopic (exact) mass is 402 g/mol. The molecular formula is C18H26O2S4.